The maximum absolute atomic E-state index is 15.5. The first kappa shape index (κ1) is 51.9. The Morgan fingerprint density at radius 2 is 1.20 bits per heavy atom. The molecule has 6 aromatic rings. The number of amides is 5. The number of fused-ring (bicyclic) bond motifs is 4. The highest BCUT2D eigenvalue weighted by Gasteiger charge is 2.58. The fourth-order valence-corrected chi connectivity index (χ4v) is 11.1. The standard InChI is InChI=1S/C57H62N6O10S/c1-34(71-57(37-17-7-4-8-18-37,38-19-9-5-10-20-38)39-21-11-6-12-22-39)46-53(68)63-47-48(70-55-49(47)72-56(2,3)73-55)54(69)61-43(31-35-26-28-40(64)29-27-35)51(66)60-44(32-36-33-74-45-25-14-13-23-41(36)45)52(67)59-42(50(65)62-46)24-15-16-30-58/h4-14,17-23,25-29,33-34,42-44,46-49,55,64H,15-16,24,30-32,58H2,1-3H3,(H,59,67)(H,60,66)(H,61,69)(H,62,65)(H,63,68)/t34?,42-,43-,44+,46-,47+,48-,49?,55+/m0/s1. The fraction of sp³-hybridized carbons (Fsp3) is 0.351. The van der Waals surface area contributed by atoms with E-state index in [1.54, 1.807) is 32.9 Å². The fourth-order valence-electron chi connectivity index (χ4n) is 10.1. The van der Waals surface area contributed by atoms with Gasteiger partial charge in [0.25, 0.3) is 5.91 Å². The minimum Gasteiger partial charge on any atom is -0.508 e. The van der Waals surface area contributed by atoms with Crippen LogP contribution in [0.2, 0.25) is 0 Å². The number of unbranched alkanes of at least 4 members (excludes halogenated alkanes) is 1. The van der Waals surface area contributed by atoms with Crippen molar-refractivity contribution in [3.8, 4) is 5.75 Å². The average molecular weight is 1020 g/mol. The third kappa shape index (κ3) is 11.4. The van der Waals surface area contributed by atoms with Gasteiger partial charge in [-0.25, -0.2) is 0 Å². The molecule has 2 unspecified atom stereocenters. The van der Waals surface area contributed by atoms with Crippen molar-refractivity contribution < 1.29 is 48.0 Å². The molecule has 16 nitrogen and oxygen atoms in total. The first-order chi connectivity index (χ1) is 35.7. The Morgan fingerprint density at radius 3 is 1.82 bits per heavy atom. The Kier molecular flexibility index (Phi) is 15.9. The van der Waals surface area contributed by atoms with E-state index in [4.69, 9.17) is 24.7 Å². The van der Waals surface area contributed by atoms with Gasteiger partial charge in [0.1, 0.15) is 41.6 Å². The normalized spacial score (nSPS) is 24.9. The van der Waals surface area contributed by atoms with E-state index in [-0.39, 0.29) is 25.0 Å². The molecule has 9 atom stereocenters. The van der Waals surface area contributed by atoms with E-state index in [0.29, 0.717) is 24.9 Å². The molecule has 0 bridgehead atoms. The summed E-state index contributed by atoms with van der Waals surface area (Å²) in [5, 5.41) is 27.7. The molecule has 3 aliphatic heterocycles. The number of hydrogen-bond acceptors (Lipinski definition) is 12. The Balaban J connectivity index is 1.15. The first-order valence-corrected chi connectivity index (χ1v) is 25.9. The van der Waals surface area contributed by atoms with Crippen molar-refractivity contribution in [2.45, 2.75) is 119 Å². The Hall–Kier alpha value is -6.99. The zero-order valence-corrected chi connectivity index (χ0v) is 42.2. The van der Waals surface area contributed by atoms with Gasteiger partial charge in [-0.3, -0.25) is 24.0 Å². The highest BCUT2D eigenvalue weighted by Crippen LogP contribution is 2.42. The van der Waals surface area contributed by atoms with Crippen LogP contribution in [-0.4, -0.2) is 102 Å². The zero-order chi connectivity index (χ0) is 52.0. The molecule has 74 heavy (non-hydrogen) atoms. The predicted octanol–water partition coefficient (Wildman–Crippen LogP) is 5.23. The lowest BCUT2D eigenvalue weighted by molar-refractivity contribution is -0.208. The van der Waals surface area contributed by atoms with Crippen molar-refractivity contribution in [2.24, 2.45) is 5.73 Å². The zero-order valence-electron chi connectivity index (χ0n) is 41.4. The van der Waals surface area contributed by atoms with Crippen LogP contribution in [0, 0.1) is 0 Å². The summed E-state index contributed by atoms with van der Waals surface area (Å²) < 4.78 is 27.1. The quantitative estimate of drug-likeness (QED) is 0.0552. The topological polar surface area (TPSA) is 229 Å². The van der Waals surface area contributed by atoms with Crippen molar-refractivity contribution in [2.75, 3.05) is 6.54 Å². The Bertz CT molecular complexity index is 2830. The number of nitrogens with two attached hydrogens (primary N) is 1. The Labute approximate surface area is 433 Å². The number of benzene rings is 5. The van der Waals surface area contributed by atoms with Gasteiger partial charge in [-0.1, -0.05) is 121 Å². The van der Waals surface area contributed by atoms with Gasteiger partial charge < -0.3 is 56.4 Å². The number of carbonyl (C=O) groups excluding carboxylic acids is 5. The summed E-state index contributed by atoms with van der Waals surface area (Å²) >= 11 is 1.49. The van der Waals surface area contributed by atoms with Crippen molar-refractivity contribution in [3.63, 3.8) is 0 Å². The van der Waals surface area contributed by atoms with Gasteiger partial charge in [0.15, 0.2) is 18.2 Å². The maximum atomic E-state index is 15.5. The van der Waals surface area contributed by atoms with Gasteiger partial charge in [-0.2, -0.15) is 0 Å². The van der Waals surface area contributed by atoms with Crippen LogP contribution in [0.15, 0.2) is 145 Å². The molecule has 17 heteroatoms. The summed E-state index contributed by atoms with van der Waals surface area (Å²) in [6, 6.07) is 36.1. The van der Waals surface area contributed by atoms with Gasteiger partial charge in [-0.15, -0.1) is 11.3 Å². The van der Waals surface area contributed by atoms with Crippen LogP contribution in [0.5, 0.6) is 5.75 Å². The number of ether oxygens (including phenoxy) is 4. The van der Waals surface area contributed by atoms with Crippen LogP contribution in [0.4, 0.5) is 0 Å². The average Bonchev–Trinajstić information content (AvgIpc) is 4.07. The molecule has 0 aliphatic carbocycles. The lowest BCUT2D eigenvalue weighted by atomic mass is 9.79. The van der Waals surface area contributed by atoms with Gasteiger partial charge in [0.2, 0.25) is 23.6 Å². The van der Waals surface area contributed by atoms with Gasteiger partial charge >= 0.3 is 0 Å². The number of aromatic hydroxyl groups is 1. The number of carbonyl (C=O) groups is 5. The number of hydrogen-bond donors (Lipinski definition) is 7. The Morgan fingerprint density at radius 1 is 0.649 bits per heavy atom. The molecule has 386 valence electrons. The second-order valence-corrected chi connectivity index (χ2v) is 20.4. The molecule has 3 fully saturated rings. The van der Waals surface area contributed by atoms with E-state index in [0.717, 1.165) is 32.3 Å². The van der Waals surface area contributed by atoms with E-state index in [1.807, 2.05) is 121 Å². The summed E-state index contributed by atoms with van der Waals surface area (Å²) in [6.45, 7) is 5.38. The highest BCUT2D eigenvalue weighted by atomic mass is 32.1. The van der Waals surface area contributed by atoms with Gasteiger partial charge in [0.05, 0.1) is 12.1 Å². The van der Waals surface area contributed by atoms with Crippen LogP contribution in [0.3, 0.4) is 0 Å². The van der Waals surface area contributed by atoms with Crippen LogP contribution in [0.25, 0.3) is 10.1 Å². The molecule has 8 N–H and O–H groups in total. The summed E-state index contributed by atoms with van der Waals surface area (Å²) in [5.41, 5.74) is 8.19. The van der Waals surface area contributed by atoms with Crippen LogP contribution in [-0.2, 0) is 61.4 Å². The van der Waals surface area contributed by atoms with Crippen LogP contribution in [0.1, 0.15) is 67.9 Å². The molecule has 4 heterocycles. The van der Waals surface area contributed by atoms with Gasteiger partial charge in [-0.05, 0) is 103 Å². The molecule has 1 aromatic heterocycles. The molecule has 5 amide bonds. The minimum absolute atomic E-state index is 0.00122. The number of phenolic OH excluding ortho intramolecular Hbond substituents is 1. The maximum Gasteiger partial charge on any atom is 0.252 e. The van der Waals surface area contributed by atoms with Crippen molar-refractivity contribution in [3.05, 3.63) is 173 Å². The molecule has 9 rings (SSSR count). The molecule has 5 aromatic carbocycles. The lowest BCUT2D eigenvalue weighted by Gasteiger charge is -2.40. The second-order valence-electron chi connectivity index (χ2n) is 19.4. The highest BCUT2D eigenvalue weighted by molar-refractivity contribution is 7.17. The number of rotatable bonds is 14. The molecule has 3 saturated heterocycles. The summed E-state index contributed by atoms with van der Waals surface area (Å²) in [7, 11) is 0. The van der Waals surface area contributed by atoms with Crippen LogP contribution >= 0.6 is 11.3 Å². The second kappa shape index (κ2) is 22.6. The third-order valence-corrected chi connectivity index (χ3v) is 14.8. The van der Waals surface area contributed by atoms with Crippen molar-refractivity contribution >= 4 is 51.0 Å². The van der Waals surface area contributed by atoms with Crippen LogP contribution < -0.4 is 32.3 Å². The molecule has 0 spiro atoms. The van der Waals surface area contributed by atoms with E-state index in [2.05, 4.69) is 26.6 Å². The number of thiophene rings is 1. The molecule has 3 aliphatic rings. The third-order valence-electron chi connectivity index (χ3n) is 13.8. The largest absolute Gasteiger partial charge is 0.508 e. The first-order valence-electron chi connectivity index (χ1n) is 25.0. The SMILES string of the molecule is CC(OC(c1ccccc1)(c1ccccc1)c1ccccc1)[C@@H]1NC(=O)[C@H](CCCCN)NC(=O)[C@@H](Cc2csc3ccccc23)NC(=O)[C@H](Cc2ccc(O)cc2)NC(=O)[C@H]2O[C@@H]3OC(C)(C)OC3[C@@H]2NC1=O. The van der Waals surface area contributed by atoms with E-state index in [1.165, 1.54) is 23.5 Å². The molecule has 0 saturated carbocycles. The lowest BCUT2D eigenvalue weighted by Crippen LogP contribution is -2.64. The predicted molar refractivity (Wildman–Crippen MR) is 278 cm³/mol. The summed E-state index contributed by atoms with van der Waals surface area (Å²) in [6.07, 6.45) is -3.74. The summed E-state index contributed by atoms with van der Waals surface area (Å²) in [4.78, 5) is 75.1. The van der Waals surface area contributed by atoms with E-state index >= 15 is 9.59 Å². The number of nitrogens with one attached hydrogen (secondary N) is 5. The molecule has 0 radical (unpaired) electrons. The van der Waals surface area contributed by atoms with E-state index in [9.17, 15) is 19.5 Å². The van der Waals surface area contributed by atoms with Crippen molar-refractivity contribution in [1.29, 1.82) is 0 Å². The molecular weight excluding hydrogens is 961 g/mol. The smallest absolute Gasteiger partial charge is 0.252 e. The molecular formula is C57H62N6O10S. The van der Waals surface area contributed by atoms with Gasteiger partial charge in [0, 0.05) is 17.5 Å². The van der Waals surface area contributed by atoms with E-state index < -0.39 is 95.7 Å². The number of phenols is 1. The van der Waals surface area contributed by atoms with Crippen molar-refractivity contribution in [1.82, 2.24) is 26.6 Å². The monoisotopic (exact) mass is 1020 g/mol. The minimum atomic E-state index is -1.49. The summed E-state index contributed by atoms with van der Waals surface area (Å²) in [5.74, 6) is -4.80.